The zero-order valence-electron chi connectivity index (χ0n) is 10.5. The average Bonchev–Trinajstić information content (AvgIpc) is 2.84. The normalized spacial score (nSPS) is 16.5. The molecule has 0 atom stereocenters. The SMILES string of the molecule is O=C1N=C(c2ccccc2)SC1=Cc1ccccc1O. The van der Waals surface area contributed by atoms with Gasteiger partial charge in [-0.25, -0.2) is 4.99 Å². The topological polar surface area (TPSA) is 49.7 Å². The number of carbonyl (C=O) groups is 1. The van der Waals surface area contributed by atoms with E-state index in [0.29, 0.717) is 15.5 Å². The number of rotatable bonds is 2. The van der Waals surface area contributed by atoms with E-state index in [2.05, 4.69) is 4.99 Å². The Bertz CT molecular complexity index is 720. The molecule has 1 aliphatic heterocycles. The van der Waals surface area contributed by atoms with Crippen molar-refractivity contribution in [2.24, 2.45) is 4.99 Å². The minimum Gasteiger partial charge on any atom is -0.507 e. The predicted octanol–water partition coefficient (Wildman–Crippen LogP) is 3.45. The summed E-state index contributed by atoms with van der Waals surface area (Å²) in [5.74, 6) is -0.112. The molecule has 1 aliphatic rings. The van der Waals surface area contributed by atoms with Crippen molar-refractivity contribution in [1.29, 1.82) is 0 Å². The van der Waals surface area contributed by atoms with Crippen LogP contribution < -0.4 is 0 Å². The molecule has 98 valence electrons. The fraction of sp³-hybridized carbons (Fsp3) is 0. The number of hydrogen-bond acceptors (Lipinski definition) is 3. The Hall–Kier alpha value is -2.33. The van der Waals surface area contributed by atoms with Crippen LogP contribution in [0.4, 0.5) is 0 Å². The fourth-order valence-electron chi connectivity index (χ4n) is 1.86. The summed E-state index contributed by atoms with van der Waals surface area (Å²) in [6.45, 7) is 0. The molecule has 0 aromatic heterocycles. The molecular weight excluding hydrogens is 270 g/mol. The minimum atomic E-state index is -0.267. The van der Waals surface area contributed by atoms with Crippen molar-refractivity contribution in [2.75, 3.05) is 0 Å². The molecule has 4 heteroatoms. The lowest BCUT2D eigenvalue weighted by molar-refractivity contribution is -0.113. The second-order valence-electron chi connectivity index (χ2n) is 4.26. The molecule has 0 saturated heterocycles. The molecule has 0 bridgehead atoms. The molecule has 3 nitrogen and oxygen atoms in total. The largest absolute Gasteiger partial charge is 0.507 e. The van der Waals surface area contributed by atoms with E-state index in [1.165, 1.54) is 11.8 Å². The summed E-state index contributed by atoms with van der Waals surface area (Å²) < 4.78 is 0. The molecule has 0 saturated carbocycles. The monoisotopic (exact) mass is 281 g/mol. The lowest BCUT2D eigenvalue weighted by Gasteiger charge is -2.00. The van der Waals surface area contributed by atoms with Crippen LogP contribution in [-0.2, 0) is 4.79 Å². The molecule has 1 N–H and O–H groups in total. The third-order valence-electron chi connectivity index (χ3n) is 2.86. The Morgan fingerprint density at radius 2 is 1.70 bits per heavy atom. The highest BCUT2D eigenvalue weighted by molar-refractivity contribution is 8.19. The van der Waals surface area contributed by atoms with Crippen molar-refractivity contribution < 1.29 is 9.90 Å². The minimum absolute atomic E-state index is 0.154. The number of thioether (sulfide) groups is 1. The first-order chi connectivity index (χ1) is 9.74. The maximum atomic E-state index is 11.9. The van der Waals surface area contributed by atoms with Crippen molar-refractivity contribution in [3.8, 4) is 5.75 Å². The molecule has 3 rings (SSSR count). The van der Waals surface area contributed by atoms with Gasteiger partial charge in [0.1, 0.15) is 10.8 Å². The Kier molecular flexibility index (Phi) is 3.39. The highest BCUT2D eigenvalue weighted by atomic mass is 32.2. The average molecular weight is 281 g/mol. The van der Waals surface area contributed by atoms with Crippen LogP contribution in [0.15, 0.2) is 64.5 Å². The van der Waals surface area contributed by atoms with E-state index >= 15 is 0 Å². The standard InChI is InChI=1S/C16H11NO2S/c18-13-9-5-4-8-12(13)10-14-15(19)17-16(20-14)11-6-2-1-3-7-11/h1-10,18H. The number of amides is 1. The fourth-order valence-corrected chi connectivity index (χ4v) is 2.77. The van der Waals surface area contributed by atoms with Gasteiger partial charge in [0.25, 0.3) is 5.91 Å². The molecule has 0 radical (unpaired) electrons. The highest BCUT2D eigenvalue weighted by Gasteiger charge is 2.22. The van der Waals surface area contributed by atoms with Gasteiger partial charge in [-0.05, 0) is 12.1 Å². The Morgan fingerprint density at radius 1 is 1.00 bits per heavy atom. The molecule has 1 heterocycles. The third kappa shape index (κ3) is 2.51. The lowest BCUT2D eigenvalue weighted by Crippen LogP contribution is -1.89. The number of hydrogen-bond donors (Lipinski definition) is 1. The van der Waals surface area contributed by atoms with E-state index in [9.17, 15) is 9.90 Å². The third-order valence-corrected chi connectivity index (χ3v) is 3.90. The van der Waals surface area contributed by atoms with Gasteiger partial charge in [-0.15, -0.1) is 0 Å². The zero-order valence-corrected chi connectivity index (χ0v) is 11.3. The maximum Gasteiger partial charge on any atom is 0.284 e. The number of aromatic hydroxyl groups is 1. The number of nitrogens with zero attached hydrogens (tertiary/aromatic N) is 1. The van der Waals surface area contributed by atoms with Crippen LogP contribution in [0.25, 0.3) is 6.08 Å². The van der Waals surface area contributed by atoms with Crippen LogP contribution in [-0.4, -0.2) is 16.1 Å². The Labute approximate surface area is 120 Å². The van der Waals surface area contributed by atoms with Crippen LogP contribution in [0, 0.1) is 0 Å². The zero-order chi connectivity index (χ0) is 13.9. The van der Waals surface area contributed by atoms with Crippen LogP contribution in [0.2, 0.25) is 0 Å². The molecule has 0 unspecified atom stereocenters. The van der Waals surface area contributed by atoms with E-state index < -0.39 is 0 Å². The van der Waals surface area contributed by atoms with E-state index in [0.717, 1.165) is 5.56 Å². The second kappa shape index (κ2) is 5.35. The van der Waals surface area contributed by atoms with E-state index in [4.69, 9.17) is 0 Å². The molecular formula is C16H11NO2S. The van der Waals surface area contributed by atoms with Crippen LogP contribution >= 0.6 is 11.8 Å². The summed E-state index contributed by atoms with van der Waals surface area (Å²) in [6, 6.07) is 16.5. The molecule has 2 aromatic carbocycles. The van der Waals surface area contributed by atoms with Gasteiger partial charge in [0.15, 0.2) is 0 Å². The van der Waals surface area contributed by atoms with Crippen molar-refractivity contribution >= 4 is 28.8 Å². The number of phenolic OH excluding ortho intramolecular Hbond substituents is 1. The second-order valence-corrected chi connectivity index (χ2v) is 5.29. The molecule has 20 heavy (non-hydrogen) atoms. The molecule has 1 amide bonds. The first kappa shape index (κ1) is 12.7. The van der Waals surface area contributed by atoms with Crippen molar-refractivity contribution in [3.05, 3.63) is 70.6 Å². The van der Waals surface area contributed by atoms with Gasteiger partial charge in [0.2, 0.25) is 0 Å². The number of aliphatic imine (C=N–C) groups is 1. The van der Waals surface area contributed by atoms with Gasteiger partial charge in [-0.1, -0.05) is 60.3 Å². The van der Waals surface area contributed by atoms with Crippen LogP contribution in [0.1, 0.15) is 11.1 Å². The lowest BCUT2D eigenvalue weighted by atomic mass is 10.2. The summed E-state index contributed by atoms with van der Waals surface area (Å²) in [7, 11) is 0. The van der Waals surface area contributed by atoms with E-state index in [-0.39, 0.29) is 11.7 Å². The summed E-state index contributed by atoms with van der Waals surface area (Å²) in [4.78, 5) is 16.5. The van der Waals surface area contributed by atoms with Gasteiger partial charge in [0.05, 0.1) is 4.91 Å². The predicted molar refractivity (Wildman–Crippen MR) is 81.7 cm³/mol. The molecule has 2 aromatic rings. The molecule has 0 fully saturated rings. The van der Waals surface area contributed by atoms with Gasteiger partial charge < -0.3 is 5.11 Å². The summed E-state index contributed by atoms with van der Waals surface area (Å²) in [5, 5.41) is 10.4. The Morgan fingerprint density at radius 3 is 2.45 bits per heavy atom. The van der Waals surface area contributed by atoms with E-state index in [1.54, 1.807) is 24.3 Å². The summed E-state index contributed by atoms with van der Waals surface area (Å²) >= 11 is 1.33. The first-order valence-corrected chi connectivity index (χ1v) is 6.92. The number of phenols is 1. The number of carbonyl (C=O) groups excluding carboxylic acids is 1. The van der Waals surface area contributed by atoms with Gasteiger partial charge >= 0.3 is 0 Å². The number of benzene rings is 2. The molecule has 0 spiro atoms. The summed E-state index contributed by atoms with van der Waals surface area (Å²) in [5.41, 5.74) is 1.54. The van der Waals surface area contributed by atoms with Crippen molar-refractivity contribution in [1.82, 2.24) is 0 Å². The van der Waals surface area contributed by atoms with Crippen molar-refractivity contribution in [2.45, 2.75) is 0 Å². The first-order valence-electron chi connectivity index (χ1n) is 6.10. The van der Waals surface area contributed by atoms with E-state index in [1.807, 2.05) is 36.4 Å². The van der Waals surface area contributed by atoms with Crippen molar-refractivity contribution in [3.63, 3.8) is 0 Å². The Balaban J connectivity index is 1.90. The molecule has 0 aliphatic carbocycles. The number of para-hydroxylation sites is 1. The maximum absolute atomic E-state index is 11.9. The van der Waals surface area contributed by atoms with Gasteiger partial charge in [-0.2, -0.15) is 0 Å². The summed E-state index contributed by atoms with van der Waals surface area (Å²) in [6.07, 6.45) is 1.67. The van der Waals surface area contributed by atoms with Crippen LogP contribution in [0.5, 0.6) is 5.75 Å². The van der Waals surface area contributed by atoms with Gasteiger partial charge in [-0.3, -0.25) is 4.79 Å². The quantitative estimate of drug-likeness (QED) is 0.858. The van der Waals surface area contributed by atoms with Gasteiger partial charge in [0, 0.05) is 11.1 Å². The van der Waals surface area contributed by atoms with Crippen LogP contribution in [0.3, 0.4) is 0 Å². The highest BCUT2D eigenvalue weighted by Crippen LogP contribution is 2.33. The smallest absolute Gasteiger partial charge is 0.284 e.